The number of carbonyl (C=O) groups excluding carboxylic acids is 1. The molecule has 2 saturated heterocycles. The van der Waals surface area contributed by atoms with Gasteiger partial charge in [-0.3, -0.25) is 19.8 Å². The van der Waals surface area contributed by atoms with Gasteiger partial charge in [0.1, 0.15) is 11.4 Å². The van der Waals surface area contributed by atoms with E-state index in [0.717, 1.165) is 15.7 Å². The molecule has 6 nitrogen and oxygen atoms in total. The molecule has 4 rings (SSSR count). The summed E-state index contributed by atoms with van der Waals surface area (Å²) in [5.74, 6) is 0.539. The zero-order valence-electron chi connectivity index (χ0n) is 13.2. The Bertz CT molecular complexity index is 922. The summed E-state index contributed by atoms with van der Waals surface area (Å²) in [6.45, 7) is 0. The van der Waals surface area contributed by atoms with Gasteiger partial charge < -0.3 is 4.90 Å². The number of carbonyl (C=O) groups is 1. The van der Waals surface area contributed by atoms with Crippen molar-refractivity contribution in [3.63, 3.8) is 0 Å². The third kappa shape index (κ3) is 2.80. The van der Waals surface area contributed by atoms with Crippen molar-refractivity contribution in [3.05, 3.63) is 68.7 Å². The van der Waals surface area contributed by atoms with Gasteiger partial charge in [-0.1, -0.05) is 28.1 Å². The van der Waals surface area contributed by atoms with Crippen LogP contribution in [0.5, 0.6) is 0 Å². The molecule has 2 aliphatic rings. The summed E-state index contributed by atoms with van der Waals surface area (Å²) < 4.78 is 0.921. The van der Waals surface area contributed by atoms with E-state index in [0.29, 0.717) is 10.9 Å². The van der Waals surface area contributed by atoms with Crippen molar-refractivity contribution in [2.45, 2.75) is 11.4 Å². The second-order valence-electron chi connectivity index (χ2n) is 5.89. The highest BCUT2D eigenvalue weighted by atomic mass is 79.9. The van der Waals surface area contributed by atoms with Crippen LogP contribution >= 0.6 is 39.9 Å². The number of hydrogen-bond donors (Lipinski definition) is 0. The molecule has 0 radical (unpaired) electrons. The molecular weight excluding hydrogens is 438 g/mol. The number of fused-ring (bicyclic) bond motifs is 1. The molecule has 2 aromatic rings. The van der Waals surface area contributed by atoms with Crippen molar-refractivity contribution >= 4 is 62.3 Å². The molecule has 1 amide bonds. The number of thiocarbonyl (C=S) groups is 1. The van der Waals surface area contributed by atoms with E-state index < -0.39 is 4.92 Å². The van der Waals surface area contributed by atoms with Crippen molar-refractivity contribution in [2.24, 2.45) is 0 Å². The average Bonchev–Trinajstić information content (AvgIpc) is 3.17. The van der Waals surface area contributed by atoms with Crippen molar-refractivity contribution in [1.82, 2.24) is 4.90 Å². The van der Waals surface area contributed by atoms with E-state index in [1.165, 1.54) is 6.07 Å². The first-order valence-corrected chi connectivity index (χ1v) is 10.00. The normalized spacial score (nSPS) is 22.0. The third-order valence-corrected chi connectivity index (χ3v) is 6.61. The number of halogens is 1. The number of nitro benzene ring substituents is 1. The second-order valence-corrected chi connectivity index (χ2v) is 8.29. The number of anilines is 1. The Morgan fingerprint density at radius 2 is 1.96 bits per heavy atom. The summed E-state index contributed by atoms with van der Waals surface area (Å²) in [4.78, 5) is 27.0. The molecular formula is C17H12BrN3O3S2. The zero-order valence-corrected chi connectivity index (χ0v) is 16.5. The van der Waals surface area contributed by atoms with Crippen LogP contribution < -0.4 is 4.90 Å². The lowest BCUT2D eigenvalue weighted by atomic mass is 10.1. The molecule has 2 aromatic carbocycles. The molecule has 0 aliphatic carbocycles. The first-order chi connectivity index (χ1) is 12.5. The molecule has 0 aromatic heterocycles. The smallest absolute Gasteiger partial charge is 0.269 e. The van der Waals surface area contributed by atoms with Gasteiger partial charge in [-0.25, -0.2) is 0 Å². The van der Waals surface area contributed by atoms with Gasteiger partial charge in [0.15, 0.2) is 5.11 Å². The van der Waals surface area contributed by atoms with E-state index in [1.54, 1.807) is 28.8 Å². The molecule has 0 spiro atoms. The van der Waals surface area contributed by atoms with Gasteiger partial charge >= 0.3 is 0 Å². The molecule has 2 heterocycles. The molecule has 0 N–H and O–H groups in total. The lowest BCUT2D eigenvalue weighted by Crippen LogP contribution is -2.33. The van der Waals surface area contributed by atoms with E-state index in [9.17, 15) is 14.9 Å². The molecule has 0 saturated carbocycles. The lowest BCUT2D eigenvalue weighted by Gasteiger charge is -2.25. The van der Waals surface area contributed by atoms with Gasteiger partial charge in [0.25, 0.3) is 11.6 Å². The number of hydrogen-bond acceptors (Lipinski definition) is 5. The number of rotatable bonds is 3. The molecule has 0 unspecified atom stereocenters. The SMILES string of the molecule is O=C1[C@H]2CS[C@@H](c3cccc([N+](=O)[O-])c3)N2C(=S)N1c1ccc(Br)cc1. The Hall–Kier alpha value is -1.97. The van der Waals surface area contributed by atoms with Crippen LogP contribution in [0.1, 0.15) is 10.9 Å². The molecule has 2 aliphatic heterocycles. The summed E-state index contributed by atoms with van der Waals surface area (Å²) >= 11 is 10.6. The number of benzene rings is 2. The van der Waals surface area contributed by atoms with Crippen LogP contribution in [0.15, 0.2) is 53.0 Å². The number of nitrogens with zero attached hydrogens (tertiary/aromatic N) is 3. The van der Waals surface area contributed by atoms with Crippen molar-refractivity contribution < 1.29 is 9.72 Å². The quantitative estimate of drug-likeness (QED) is 0.399. The summed E-state index contributed by atoms with van der Waals surface area (Å²) in [6, 6.07) is 13.6. The van der Waals surface area contributed by atoms with Crippen LogP contribution in [0.25, 0.3) is 0 Å². The minimum Gasteiger partial charge on any atom is -0.319 e. The predicted molar refractivity (Wildman–Crippen MR) is 108 cm³/mol. The van der Waals surface area contributed by atoms with Crippen molar-refractivity contribution in [1.29, 1.82) is 0 Å². The molecule has 2 atom stereocenters. The Morgan fingerprint density at radius 1 is 1.23 bits per heavy atom. The van der Waals surface area contributed by atoms with Gasteiger partial charge in [0.05, 0.1) is 10.6 Å². The summed E-state index contributed by atoms with van der Waals surface area (Å²) in [7, 11) is 0. The summed E-state index contributed by atoms with van der Waals surface area (Å²) in [6.07, 6.45) is 0. The minimum atomic E-state index is -0.414. The highest BCUT2D eigenvalue weighted by molar-refractivity contribution is 9.10. The predicted octanol–water partition coefficient (Wildman–Crippen LogP) is 4.11. The highest BCUT2D eigenvalue weighted by Gasteiger charge is 2.50. The summed E-state index contributed by atoms with van der Waals surface area (Å²) in [5, 5.41) is 11.3. The summed E-state index contributed by atoms with van der Waals surface area (Å²) in [5.41, 5.74) is 1.53. The van der Waals surface area contributed by atoms with Gasteiger partial charge in [0.2, 0.25) is 0 Å². The molecule has 0 bridgehead atoms. The Morgan fingerprint density at radius 3 is 2.65 bits per heavy atom. The molecule has 132 valence electrons. The third-order valence-electron chi connectivity index (χ3n) is 4.37. The van der Waals surface area contributed by atoms with E-state index in [4.69, 9.17) is 12.2 Å². The van der Waals surface area contributed by atoms with Crippen molar-refractivity contribution in [2.75, 3.05) is 10.7 Å². The fourth-order valence-corrected chi connectivity index (χ4v) is 5.34. The van der Waals surface area contributed by atoms with Gasteiger partial charge in [-0.2, -0.15) is 0 Å². The highest BCUT2D eigenvalue weighted by Crippen LogP contribution is 2.46. The van der Waals surface area contributed by atoms with E-state index >= 15 is 0 Å². The molecule has 26 heavy (non-hydrogen) atoms. The Balaban J connectivity index is 1.68. The number of thioether (sulfide) groups is 1. The van der Waals surface area contributed by atoms with Crippen LogP contribution in [0.4, 0.5) is 11.4 Å². The van der Waals surface area contributed by atoms with E-state index in [2.05, 4.69) is 15.9 Å². The maximum absolute atomic E-state index is 12.9. The minimum absolute atomic E-state index is 0.0350. The molecule has 9 heteroatoms. The van der Waals surface area contributed by atoms with Crippen LogP contribution in [0, 0.1) is 10.1 Å². The first-order valence-electron chi connectivity index (χ1n) is 7.75. The van der Waals surface area contributed by atoms with E-state index in [1.807, 2.05) is 35.2 Å². The van der Waals surface area contributed by atoms with Crippen LogP contribution in [-0.4, -0.2) is 32.6 Å². The topological polar surface area (TPSA) is 66.7 Å². The first kappa shape index (κ1) is 17.4. The van der Waals surface area contributed by atoms with Gasteiger partial charge in [0, 0.05) is 22.4 Å². The largest absolute Gasteiger partial charge is 0.319 e. The second kappa shape index (κ2) is 6.64. The lowest BCUT2D eigenvalue weighted by molar-refractivity contribution is -0.384. The van der Waals surface area contributed by atoms with Crippen molar-refractivity contribution in [3.8, 4) is 0 Å². The van der Waals surface area contributed by atoms with Gasteiger partial charge in [-0.05, 0) is 42.0 Å². The number of non-ortho nitro benzene ring substituents is 1. The van der Waals surface area contributed by atoms with Crippen LogP contribution in [-0.2, 0) is 4.79 Å². The number of amides is 1. The zero-order chi connectivity index (χ0) is 18.4. The maximum atomic E-state index is 12.9. The Kier molecular flexibility index (Phi) is 4.45. The maximum Gasteiger partial charge on any atom is 0.269 e. The average molecular weight is 450 g/mol. The van der Waals surface area contributed by atoms with Crippen LogP contribution in [0.2, 0.25) is 0 Å². The standard InChI is InChI=1S/C17H12BrN3O3S2/c18-11-4-6-12(7-5-11)19-15(22)14-9-26-16(20(14)17(19)25)10-2-1-3-13(8-10)21(23)24/h1-8,14,16H,9H2/t14-,16+/m1/s1. The fraction of sp³-hybridized carbons (Fsp3) is 0.176. The molecule has 2 fully saturated rings. The van der Waals surface area contributed by atoms with Gasteiger partial charge in [-0.15, -0.1) is 11.8 Å². The van der Waals surface area contributed by atoms with Crippen LogP contribution in [0.3, 0.4) is 0 Å². The number of nitro groups is 1. The Labute approximate surface area is 167 Å². The fourth-order valence-electron chi connectivity index (χ4n) is 3.17. The monoisotopic (exact) mass is 449 g/mol. The van der Waals surface area contributed by atoms with E-state index in [-0.39, 0.29) is 23.0 Å².